The molecule has 7 nitrogen and oxygen atoms in total. The summed E-state index contributed by atoms with van der Waals surface area (Å²) < 4.78 is 20.8. The molecule has 0 fully saturated rings. The van der Waals surface area contributed by atoms with Gasteiger partial charge in [-0.05, 0) is 42.8 Å². The van der Waals surface area contributed by atoms with Gasteiger partial charge in [0.15, 0.2) is 0 Å². The third-order valence-corrected chi connectivity index (χ3v) is 3.78. The lowest BCUT2D eigenvalue weighted by Crippen LogP contribution is -2.17. The Bertz CT molecular complexity index is 1020. The Morgan fingerprint density at radius 1 is 1.00 bits per heavy atom. The number of carbonyl (C=O) groups is 1. The van der Waals surface area contributed by atoms with Crippen molar-refractivity contribution in [2.24, 2.45) is 0 Å². The van der Waals surface area contributed by atoms with Gasteiger partial charge in [-0.1, -0.05) is 0 Å². The molecule has 0 aliphatic heterocycles. The molecule has 0 saturated carbocycles. The molecule has 0 bridgehead atoms. The smallest absolute Gasteiger partial charge is 0.417 e. The number of benzene rings is 2. The van der Waals surface area contributed by atoms with Crippen molar-refractivity contribution < 1.29 is 23.4 Å². The molecule has 134 valence electrons. The van der Waals surface area contributed by atoms with Crippen LogP contribution in [0.1, 0.15) is 5.56 Å². The fraction of sp³-hybridized carbons (Fsp3) is 0.158. The Labute approximate surface area is 149 Å². The van der Waals surface area contributed by atoms with Crippen molar-refractivity contribution in [2.75, 3.05) is 19.5 Å². The van der Waals surface area contributed by atoms with E-state index < -0.39 is 11.7 Å². The molecule has 0 atom stereocenters. The van der Waals surface area contributed by atoms with Gasteiger partial charge in [0, 0.05) is 17.5 Å². The van der Waals surface area contributed by atoms with Gasteiger partial charge < -0.3 is 18.6 Å². The van der Waals surface area contributed by atoms with E-state index in [2.05, 4.69) is 5.32 Å². The third-order valence-electron chi connectivity index (χ3n) is 3.78. The number of methoxy groups -OCH3 is 2. The predicted octanol–water partition coefficient (Wildman–Crippen LogP) is 3.73. The van der Waals surface area contributed by atoms with Gasteiger partial charge in [-0.15, -0.1) is 0 Å². The SMILES string of the molecule is COc1ccc(NC(=O)Oc2ccc3oc(=O)cc(C)c3c2)c(OC)c1. The maximum atomic E-state index is 12.2. The second-order valence-electron chi connectivity index (χ2n) is 5.49. The van der Waals surface area contributed by atoms with Gasteiger partial charge in [-0.3, -0.25) is 5.32 Å². The molecular weight excluding hydrogens is 338 g/mol. The Kier molecular flexibility index (Phi) is 4.79. The van der Waals surface area contributed by atoms with Crippen LogP contribution in [0, 0.1) is 6.92 Å². The van der Waals surface area contributed by atoms with Crippen LogP contribution in [-0.2, 0) is 0 Å². The van der Waals surface area contributed by atoms with Crippen LogP contribution < -0.4 is 25.2 Å². The normalized spacial score (nSPS) is 10.4. The number of nitrogens with one attached hydrogen (secondary N) is 1. The Morgan fingerprint density at radius 3 is 2.50 bits per heavy atom. The van der Waals surface area contributed by atoms with Crippen LogP contribution in [0.3, 0.4) is 0 Å². The maximum Gasteiger partial charge on any atom is 0.417 e. The molecule has 0 radical (unpaired) electrons. The van der Waals surface area contributed by atoms with Gasteiger partial charge in [0.25, 0.3) is 0 Å². The molecule has 0 saturated heterocycles. The number of hydrogen-bond acceptors (Lipinski definition) is 6. The molecule has 3 rings (SSSR count). The van der Waals surface area contributed by atoms with E-state index >= 15 is 0 Å². The third kappa shape index (κ3) is 3.61. The lowest BCUT2D eigenvalue weighted by atomic mass is 10.1. The molecule has 1 amide bonds. The lowest BCUT2D eigenvalue weighted by molar-refractivity contribution is 0.215. The number of ether oxygens (including phenoxy) is 3. The molecule has 1 heterocycles. The summed E-state index contributed by atoms with van der Waals surface area (Å²) in [5.74, 6) is 1.36. The Hall–Kier alpha value is -3.48. The van der Waals surface area contributed by atoms with E-state index in [-0.39, 0.29) is 0 Å². The molecule has 2 aromatic carbocycles. The highest BCUT2D eigenvalue weighted by molar-refractivity contribution is 5.89. The van der Waals surface area contributed by atoms with E-state index in [0.29, 0.717) is 33.9 Å². The zero-order valence-electron chi connectivity index (χ0n) is 14.5. The van der Waals surface area contributed by atoms with Gasteiger partial charge in [0.2, 0.25) is 0 Å². The van der Waals surface area contributed by atoms with Crippen LogP contribution in [-0.4, -0.2) is 20.3 Å². The molecule has 1 N–H and O–H groups in total. The van der Waals surface area contributed by atoms with Crippen LogP contribution in [0.5, 0.6) is 17.2 Å². The average Bonchev–Trinajstić information content (AvgIpc) is 2.62. The standard InChI is InChI=1S/C19H17NO6/c1-11-8-18(21)26-16-7-5-13(9-14(11)16)25-19(22)20-15-6-4-12(23-2)10-17(15)24-3/h4-10H,1-3H3,(H,20,22). The molecular formula is C19H17NO6. The van der Waals surface area contributed by atoms with Crippen molar-refractivity contribution in [1.29, 1.82) is 0 Å². The predicted molar refractivity (Wildman–Crippen MR) is 96.4 cm³/mol. The van der Waals surface area contributed by atoms with Gasteiger partial charge >= 0.3 is 11.7 Å². The van der Waals surface area contributed by atoms with Gasteiger partial charge in [0.1, 0.15) is 22.8 Å². The van der Waals surface area contributed by atoms with E-state index in [1.807, 2.05) is 0 Å². The van der Waals surface area contributed by atoms with E-state index in [1.165, 1.54) is 13.2 Å². The maximum absolute atomic E-state index is 12.2. The molecule has 26 heavy (non-hydrogen) atoms. The highest BCUT2D eigenvalue weighted by Crippen LogP contribution is 2.29. The summed E-state index contributed by atoms with van der Waals surface area (Å²) >= 11 is 0. The molecule has 7 heteroatoms. The Balaban J connectivity index is 1.80. The minimum Gasteiger partial charge on any atom is -0.497 e. The first-order chi connectivity index (χ1) is 12.5. The first kappa shape index (κ1) is 17.3. The van der Waals surface area contributed by atoms with E-state index in [4.69, 9.17) is 18.6 Å². The summed E-state index contributed by atoms with van der Waals surface area (Å²) in [5, 5.41) is 3.31. The van der Waals surface area contributed by atoms with Crippen molar-refractivity contribution >= 4 is 22.7 Å². The second-order valence-corrected chi connectivity index (χ2v) is 5.49. The molecule has 0 spiro atoms. The van der Waals surface area contributed by atoms with Crippen LogP contribution in [0.15, 0.2) is 51.7 Å². The number of rotatable bonds is 4. The highest BCUT2D eigenvalue weighted by atomic mass is 16.6. The molecule has 1 aromatic heterocycles. The van der Waals surface area contributed by atoms with Gasteiger partial charge in [-0.2, -0.15) is 0 Å². The second kappa shape index (κ2) is 7.18. The van der Waals surface area contributed by atoms with Gasteiger partial charge in [0.05, 0.1) is 19.9 Å². The van der Waals surface area contributed by atoms with Crippen molar-refractivity contribution in [2.45, 2.75) is 6.92 Å². The summed E-state index contributed by atoms with van der Waals surface area (Å²) in [5.41, 5.74) is 1.19. The number of carbonyl (C=O) groups excluding carboxylic acids is 1. The molecule has 0 aliphatic rings. The van der Waals surface area contributed by atoms with Gasteiger partial charge in [-0.25, -0.2) is 9.59 Å². The van der Waals surface area contributed by atoms with Crippen LogP contribution in [0.2, 0.25) is 0 Å². The van der Waals surface area contributed by atoms with Crippen molar-refractivity contribution in [3.63, 3.8) is 0 Å². The number of amides is 1. The number of fused-ring (bicyclic) bond motifs is 1. The monoisotopic (exact) mass is 355 g/mol. The first-order valence-corrected chi connectivity index (χ1v) is 7.75. The molecule has 3 aromatic rings. The molecule has 0 unspecified atom stereocenters. The summed E-state index contributed by atoms with van der Waals surface area (Å²) in [6.45, 7) is 1.78. The minimum absolute atomic E-state index is 0.319. The highest BCUT2D eigenvalue weighted by Gasteiger charge is 2.12. The van der Waals surface area contributed by atoms with E-state index in [0.717, 1.165) is 5.56 Å². The summed E-state index contributed by atoms with van der Waals surface area (Å²) in [7, 11) is 3.03. The summed E-state index contributed by atoms with van der Waals surface area (Å²) in [4.78, 5) is 23.6. The fourth-order valence-electron chi connectivity index (χ4n) is 2.51. The van der Waals surface area contributed by atoms with Crippen LogP contribution >= 0.6 is 0 Å². The summed E-state index contributed by atoms with van der Waals surface area (Å²) in [6.07, 6.45) is -0.678. The van der Waals surface area contributed by atoms with Crippen molar-refractivity contribution in [3.8, 4) is 17.2 Å². The summed E-state index contributed by atoms with van der Waals surface area (Å²) in [6, 6.07) is 11.2. The largest absolute Gasteiger partial charge is 0.497 e. The number of aryl methyl sites for hydroxylation is 1. The van der Waals surface area contributed by atoms with Crippen molar-refractivity contribution in [1.82, 2.24) is 0 Å². The average molecular weight is 355 g/mol. The zero-order chi connectivity index (χ0) is 18.7. The van der Waals surface area contributed by atoms with E-state index in [9.17, 15) is 9.59 Å². The molecule has 0 aliphatic carbocycles. The quantitative estimate of drug-likeness (QED) is 0.718. The lowest BCUT2D eigenvalue weighted by Gasteiger charge is -2.12. The van der Waals surface area contributed by atoms with E-state index in [1.54, 1.807) is 50.4 Å². The fourth-order valence-corrected chi connectivity index (χ4v) is 2.51. The van der Waals surface area contributed by atoms with Crippen LogP contribution in [0.25, 0.3) is 11.0 Å². The zero-order valence-corrected chi connectivity index (χ0v) is 14.5. The van der Waals surface area contributed by atoms with Crippen molar-refractivity contribution in [3.05, 3.63) is 58.4 Å². The Morgan fingerprint density at radius 2 is 1.77 bits per heavy atom. The van der Waals surface area contributed by atoms with Crippen LogP contribution in [0.4, 0.5) is 10.5 Å². The first-order valence-electron chi connectivity index (χ1n) is 7.75. The number of anilines is 1. The topological polar surface area (TPSA) is 87.0 Å². The minimum atomic E-state index is -0.678. The number of hydrogen-bond donors (Lipinski definition) is 1.